The molecule has 6 nitrogen and oxygen atoms in total. The zero-order valence-corrected chi connectivity index (χ0v) is 12.6. The van der Waals surface area contributed by atoms with Crippen molar-refractivity contribution < 1.29 is 17.9 Å². The highest BCUT2D eigenvalue weighted by molar-refractivity contribution is 7.89. The van der Waals surface area contributed by atoms with E-state index >= 15 is 0 Å². The van der Waals surface area contributed by atoms with Crippen molar-refractivity contribution in [3.63, 3.8) is 0 Å². The molecule has 0 saturated carbocycles. The summed E-state index contributed by atoms with van der Waals surface area (Å²) in [5.41, 5.74) is 5.89. The number of nitrogens with two attached hydrogens (primary N) is 1. The summed E-state index contributed by atoms with van der Waals surface area (Å²) in [5, 5.41) is 0. The number of carbonyl (C=O) groups is 1. The van der Waals surface area contributed by atoms with Gasteiger partial charge in [-0.05, 0) is 31.0 Å². The molecule has 3 N–H and O–H groups in total. The Hall–Kier alpha value is -2.04. The van der Waals surface area contributed by atoms with Gasteiger partial charge in [0, 0.05) is 13.0 Å². The van der Waals surface area contributed by atoms with E-state index in [0.29, 0.717) is 12.8 Å². The molecule has 1 aromatic carbocycles. The van der Waals surface area contributed by atoms with Crippen molar-refractivity contribution >= 4 is 21.7 Å². The molecule has 0 aliphatic carbocycles. The molecule has 7 heteroatoms. The molecular weight excluding hydrogens is 292 g/mol. The van der Waals surface area contributed by atoms with Crippen molar-refractivity contribution in [2.45, 2.75) is 24.2 Å². The minimum absolute atomic E-state index is 0.00553. The Balaban J connectivity index is 2.80. The highest BCUT2D eigenvalue weighted by atomic mass is 32.2. The van der Waals surface area contributed by atoms with Gasteiger partial charge in [-0.25, -0.2) is 17.9 Å². The summed E-state index contributed by atoms with van der Waals surface area (Å²) in [7, 11) is -2.47. The second-order valence-electron chi connectivity index (χ2n) is 4.30. The maximum absolute atomic E-state index is 12.1. The predicted molar refractivity (Wildman–Crippen MR) is 80.1 cm³/mol. The summed E-state index contributed by atoms with van der Waals surface area (Å²) < 4.78 is 31.2. The van der Waals surface area contributed by atoms with Crippen LogP contribution in [0.1, 0.15) is 29.6 Å². The topological polar surface area (TPSA) is 98.5 Å². The number of hydrogen-bond donors (Lipinski definition) is 2. The van der Waals surface area contributed by atoms with Gasteiger partial charge in [-0.1, -0.05) is 0 Å². The summed E-state index contributed by atoms with van der Waals surface area (Å²) in [6.45, 7) is 0.280. The molecule has 0 aromatic heterocycles. The van der Waals surface area contributed by atoms with Crippen molar-refractivity contribution in [2.24, 2.45) is 0 Å². The van der Waals surface area contributed by atoms with Crippen LogP contribution in [0.3, 0.4) is 0 Å². The molecule has 1 aromatic rings. The van der Waals surface area contributed by atoms with Crippen LogP contribution in [0.15, 0.2) is 23.1 Å². The van der Waals surface area contributed by atoms with Crippen LogP contribution in [0.2, 0.25) is 0 Å². The standard InChI is InChI=1S/C14H18N2O4S/c1-3-4-5-6-9-16-21(18,19)13-8-7-11(10-12(13)15)14(17)20-2/h1,7-8,10,16H,4-6,9,15H2,2H3. The van der Waals surface area contributed by atoms with Gasteiger partial charge in [0.1, 0.15) is 4.90 Å². The van der Waals surface area contributed by atoms with E-state index < -0.39 is 16.0 Å². The first-order valence-electron chi connectivity index (χ1n) is 6.33. The van der Waals surface area contributed by atoms with Gasteiger partial charge in [-0.2, -0.15) is 0 Å². The fraction of sp³-hybridized carbons (Fsp3) is 0.357. The maximum atomic E-state index is 12.1. The fourth-order valence-corrected chi connectivity index (χ4v) is 2.86. The molecule has 0 saturated heterocycles. The average Bonchev–Trinajstić information content (AvgIpc) is 2.45. The number of esters is 1. The van der Waals surface area contributed by atoms with Crippen LogP contribution < -0.4 is 10.5 Å². The van der Waals surface area contributed by atoms with Crippen LogP contribution in [0.5, 0.6) is 0 Å². The number of nitrogen functional groups attached to an aromatic ring is 1. The van der Waals surface area contributed by atoms with E-state index in [1.807, 2.05) is 0 Å². The largest absolute Gasteiger partial charge is 0.465 e. The van der Waals surface area contributed by atoms with E-state index in [4.69, 9.17) is 12.2 Å². The van der Waals surface area contributed by atoms with E-state index in [1.165, 1.54) is 25.3 Å². The van der Waals surface area contributed by atoms with E-state index in [9.17, 15) is 13.2 Å². The SMILES string of the molecule is C#CCCCCNS(=O)(=O)c1ccc(C(=O)OC)cc1N. The number of anilines is 1. The minimum Gasteiger partial charge on any atom is -0.465 e. The smallest absolute Gasteiger partial charge is 0.337 e. The summed E-state index contributed by atoms with van der Waals surface area (Å²) in [6, 6.07) is 3.92. The van der Waals surface area contributed by atoms with Gasteiger partial charge in [-0.3, -0.25) is 0 Å². The van der Waals surface area contributed by atoms with Crippen LogP contribution in [-0.2, 0) is 14.8 Å². The summed E-state index contributed by atoms with van der Waals surface area (Å²) in [6.07, 6.45) is 7.11. The average molecular weight is 310 g/mol. The third kappa shape index (κ3) is 4.77. The number of carbonyl (C=O) groups excluding carboxylic acids is 1. The highest BCUT2D eigenvalue weighted by Gasteiger charge is 2.18. The lowest BCUT2D eigenvalue weighted by Gasteiger charge is -2.10. The van der Waals surface area contributed by atoms with Gasteiger partial charge in [-0.15, -0.1) is 12.3 Å². The second kappa shape index (κ2) is 7.67. The first-order chi connectivity index (χ1) is 9.92. The van der Waals surface area contributed by atoms with Crippen LogP contribution in [-0.4, -0.2) is 28.0 Å². The molecule has 0 fully saturated rings. The number of rotatable bonds is 7. The van der Waals surface area contributed by atoms with Crippen LogP contribution in [0.4, 0.5) is 5.69 Å². The van der Waals surface area contributed by atoms with E-state index in [2.05, 4.69) is 15.4 Å². The minimum atomic E-state index is -3.71. The molecule has 0 spiro atoms. The second-order valence-corrected chi connectivity index (χ2v) is 6.04. The predicted octanol–water partition coefficient (Wildman–Crippen LogP) is 1.14. The quantitative estimate of drug-likeness (QED) is 0.340. The molecule has 0 amide bonds. The third-order valence-corrected chi connectivity index (χ3v) is 4.30. The number of unbranched alkanes of at least 4 members (excludes halogenated alkanes) is 2. The molecule has 0 bridgehead atoms. The Labute approximate surface area is 124 Å². The highest BCUT2D eigenvalue weighted by Crippen LogP contribution is 2.20. The van der Waals surface area contributed by atoms with E-state index in [-0.39, 0.29) is 22.7 Å². The zero-order valence-electron chi connectivity index (χ0n) is 11.8. The Morgan fingerprint density at radius 2 is 2.14 bits per heavy atom. The molecule has 1 rings (SSSR count). The fourth-order valence-electron chi connectivity index (χ4n) is 1.67. The summed E-state index contributed by atoms with van der Waals surface area (Å²) >= 11 is 0. The molecule has 0 atom stereocenters. The molecule has 21 heavy (non-hydrogen) atoms. The third-order valence-electron chi connectivity index (χ3n) is 2.76. The monoisotopic (exact) mass is 310 g/mol. The van der Waals surface area contributed by atoms with Crippen molar-refractivity contribution in [3.8, 4) is 12.3 Å². The summed E-state index contributed by atoms with van der Waals surface area (Å²) in [5.74, 6) is 1.91. The lowest BCUT2D eigenvalue weighted by Crippen LogP contribution is -2.25. The van der Waals surface area contributed by atoms with Crippen molar-refractivity contribution in [3.05, 3.63) is 23.8 Å². The Morgan fingerprint density at radius 3 is 2.71 bits per heavy atom. The van der Waals surface area contributed by atoms with Gasteiger partial charge in [0.05, 0.1) is 18.4 Å². The molecule has 0 heterocycles. The van der Waals surface area contributed by atoms with Crippen molar-refractivity contribution in [1.82, 2.24) is 4.72 Å². The van der Waals surface area contributed by atoms with E-state index in [1.54, 1.807) is 0 Å². The maximum Gasteiger partial charge on any atom is 0.337 e. The number of sulfonamides is 1. The first kappa shape index (κ1) is 17.0. The van der Waals surface area contributed by atoms with E-state index in [0.717, 1.165) is 6.42 Å². The molecule has 0 radical (unpaired) electrons. The Morgan fingerprint density at radius 1 is 1.43 bits per heavy atom. The first-order valence-corrected chi connectivity index (χ1v) is 7.81. The van der Waals surface area contributed by atoms with Crippen LogP contribution in [0, 0.1) is 12.3 Å². The number of methoxy groups -OCH3 is 1. The summed E-state index contributed by atoms with van der Waals surface area (Å²) in [4.78, 5) is 11.3. The van der Waals surface area contributed by atoms with Gasteiger partial charge in [0.15, 0.2) is 0 Å². The number of nitrogens with one attached hydrogen (secondary N) is 1. The molecule has 114 valence electrons. The molecule has 0 aliphatic heterocycles. The normalized spacial score (nSPS) is 10.9. The Bertz CT molecular complexity index is 647. The number of terminal acetylenes is 1. The molecular formula is C14H18N2O4S. The van der Waals surface area contributed by atoms with Crippen LogP contribution in [0.25, 0.3) is 0 Å². The zero-order chi connectivity index (χ0) is 15.9. The molecule has 0 aliphatic rings. The number of benzene rings is 1. The van der Waals surface area contributed by atoms with Crippen molar-refractivity contribution in [1.29, 1.82) is 0 Å². The lowest BCUT2D eigenvalue weighted by molar-refractivity contribution is 0.0600. The lowest BCUT2D eigenvalue weighted by atomic mass is 10.2. The van der Waals surface area contributed by atoms with Gasteiger partial charge in [0.25, 0.3) is 0 Å². The van der Waals surface area contributed by atoms with Crippen LogP contribution >= 0.6 is 0 Å². The number of ether oxygens (including phenoxy) is 1. The number of hydrogen-bond acceptors (Lipinski definition) is 5. The Kier molecular flexibility index (Phi) is 6.21. The molecule has 0 unspecified atom stereocenters. The van der Waals surface area contributed by atoms with Gasteiger partial charge in [0.2, 0.25) is 10.0 Å². The van der Waals surface area contributed by atoms with Gasteiger partial charge < -0.3 is 10.5 Å². The van der Waals surface area contributed by atoms with Gasteiger partial charge >= 0.3 is 5.97 Å². The van der Waals surface area contributed by atoms with Crippen molar-refractivity contribution in [2.75, 3.05) is 19.4 Å².